The van der Waals surface area contributed by atoms with E-state index in [-0.39, 0.29) is 11.2 Å². The summed E-state index contributed by atoms with van der Waals surface area (Å²) >= 11 is 0. The van der Waals surface area contributed by atoms with Crippen LogP contribution < -0.4 is 11.1 Å². The van der Waals surface area contributed by atoms with E-state index in [9.17, 15) is 10.1 Å². The lowest BCUT2D eigenvalue weighted by molar-refractivity contribution is -0.385. The van der Waals surface area contributed by atoms with Crippen molar-refractivity contribution in [1.29, 1.82) is 0 Å². The first kappa shape index (κ1) is 12.4. The third-order valence-electron chi connectivity index (χ3n) is 2.24. The van der Waals surface area contributed by atoms with E-state index in [1.807, 2.05) is 13.8 Å². The Kier molecular flexibility index (Phi) is 3.44. The molecule has 0 aromatic carbocycles. The fraction of sp³-hybridized carbons (Fsp3) is 0.500. The summed E-state index contributed by atoms with van der Waals surface area (Å²) in [5.41, 5.74) is 6.03. The molecule has 0 saturated carbocycles. The van der Waals surface area contributed by atoms with E-state index in [1.54, 1.807) is 6.92 Å². The van der Waals surface area contributed by atoms with E-state index in [0.29, 0.717) is 12.4 Å². The van der Waals surface area contributed by atoms with Crippen LogP contribution in [-0.4, -0.2) is 22.0 Å². The van der Waals surface area contributed by atoms with Crippen LogP contribution in [-0.2, 0) is 0 Å². The van der Waals surface area contributed by atoms with Gasteiger partial charge in [-0.05, 0) is 26.3 Å². The summed E-state index contributed by atoms with van der Waals surface area (Å²) in [6, 6.07) is 1.49. The average molecular weight is 224 g/mol. The van der Waals surface area contributed by atoms with Gasteiger partial charge in [-0.3, -0.25) is 10.1 Å². The number of rotatable bonds is 4. The van der Waals surface area contributed by atoms with Crippen LogP contribution in [0.1, 0.15) is 19.4 Å². The number of nitrogens with one attached hydrogen (secondary N) is 1. The monoisotopic (exact) mass is 224 g/mol. The molecule has 6 heteroatoms. The van der Waals surface area contributed by atoms with Crippen molar-refractivity contribution in [1.82, 2.24) is 4.98 Å². The van der Waals surface area contributed by atoms with Crippen molar-refractivity contribution in [2.75, 3.05) is 11.9 Å². The number of nitrogens with zero attached hydrogens (tertiary/aromatic N) is 2. The predicted octanol–water partition coefficient (Wildman–Crippen LogP) is 1.45. The molecule has 6 nitrogen and oxygen atoms in total. The Labute approximate surface area is 94.0 Å². The van der Waals surface area contributed by atoms with E-state index in [0.717, 1.165) is 5.56 Å². The second-order valence-corrected chi connectivity index (χ2v) is 4.33. The maximum absolute atomic E-state index is 10.5. The van der Waals surface area contributed by atoms with Crippen LogP contribution in [0.25, 0.3) is 0 Å². The molecule has 1 heterocycles. The Morgan fingerprint density at radius 2 is 2.25 bits per heavy atom. The number of nitro groups is 1. The van der Waals surface area contributed by atoms with Gasteiger partial charge in [0.25, 0.3) is 5.69 Å². The molecule has 0 aliphatic heterocycles. The van der Waals surface area contributed by atoms with E-state index in [1.165, 1.54) is 12.3 Å². The lowest BCUT2D eigenvalue weighted by Gasteiger charge is -2.25. The predicted molar refractivity (Wildman–Crippen MR) is 62.4 cm³/mol. The van der Waals surface area contributed by atoms with E-state index in [4.69, 9.17) is 5.73 Å². The molecule has 0 radical (unpaired) electrons. The van der Waals surface area contributed by atoms with Crippen molar-refractivity contribution >= 4 is 11.5 Å². The van der Waals surface area contributed by atoms with Crippen LogP contribution in [0.2, 0.25) is 0 Å². The largest absolute Gasteiger partial charge is 0.364 e. The molecule has 0 aliphatic rings. The Bertz CT molecular complexity index is 404. The number of nitrogens with two attached hydrogens (primary N) is 1. The van der Waals surface area contributed by atoms with Gasteiger partial charge in [0.15, 0.2) is 0 Å². The minimum absolute atomic E-state index is 0.00592. The Hall–Kier alpha value is -1.69. The smallest absolute Gasteiger partial charge is 0.287 e. The fourth-order valence-corrected chi connectivity index (χ4v) is 1.16. The van der Waals surface area contributed by atoms with Crippen LogP contribution in [0.3, 0.4) is 0 Å². The molecular weight excluding hydrogens is 208 g/mol. The molecule has 0 spiro atoms. The van der Waals surface area contributed by atoms with E-state index < -0.39 is 4.92 Å². The van der Waals surface area contributed by atoms with Crippen molar-refractivity contribution in [3.63, 3.8) is 0 Å². The quantitative estimate of drug-likeness (QED) is 0.596. The summed E-state index contributed by atoms with van der Waals surface area (Å²) in [5, 5.41) is 13.7. The van der Waals surface area contributed by atoms with Gasteiger partial charge in [0.05, 0.1) is 4.92 Å². The van der Waals surface area contributed by atoms with Crippen molar-refractivity contribution in [2.24, 2.45) is 5.73 Å². The van der Waals surface area contributed by atoms with Crippen molar-refractivity contribution in [2.45, 2.75) is 26.3 Å². The lowest BCUT2D eigenvalue weighted by Crippen LogP contribution is -2.39. The maximum atomic E-state index is 10.5. The van der Waals surface area contributed by atoms with Crippen molar-refractivity contribution in [3.8, 4) is 0 Å². The van der Waals surface area contributed by atoms with Crippen molar-refractivity contribution < 1.29 is 4.92 Å². The first-order valence-corrected chi connectivity index (χ1v) is 4.95. The summed E-state index contributed by atoms with van der Waals surface area (Å²) in [6.45, 7) is 6.10. The number of anilines is 1. The van der Waals surface area contributed by atoms with Gasteiger partial charge in [-0.1, -0.05) is 0 Å². The van der Waals surface area contributed by atoms with Crippen LogP contribution in [0.5, 0.6) is 0 Å². The highest BCUT2D eigenvalue weighted by Gasteiger charge is 2.17. The normalized spacial score (nSPS) is 11.2. The standard InChI is InChI=1S/C10H16N4O2/c1-7-4-8(14(15)16)5-12-9(7)13-10(2,3)6-11/h4-5H,6,11H2,1-3H3,(H,12,13). The summed E-state index contributed by atoms with van der Waals surface area (Å²) in [5.74, 6) is 0.626. The molecule has 0 saturated heterocycles. The zero-order valence-electron chi connectivity index (χ0n) is 9.65. The van der Waals surface area contributed by atoms with Crippen LogP contribution in [0, 0.1) is 17.0 Å². The molecule has 0 unspecified atom stereocenters. The maximum Gasteiger partial charge on any atom is 0.287 e. The Morgan fingerprint density at radius 3 is 2.69 bits per heavy atom. The highest BCUT2D eigenvalue weighted by atomic mass is 16.6. The SMILES string of the molecule is Cc1cc([N+](=O)[O-])cnc1NC(C)(C)CN. The molecule has 1 rings (SSSR count). The molecule has 0 bridgehead atoms. The molecule has 1 aromatic heterocycles. The van der Waals surface area contributed by atoms with Gasteiger partial charge in [-0.15, -0.1) is 0 Å². The molecule has 0 amide bonds. The molecule has 1 aromatic rings. The average Bonchev–Trinajstić information content (AvgIpc) is 2.20. The Morgan fingerprint density at radius 1 is 1.62 bits per heavy atom. The zero-order chi connectivity index (χ0) is 12.3. The van der Waals surface area contributed by atoms with Crippen LogP contribution in [0.15, 0.2) is 12.3 Å². The van der Waals surface area contributed by atoms with Crippen LogP contribution >= 0.6 is 0 Å². The highest BCUT2D eigenvalue weighted by molar-refractivity contribution is 5.49. The number of hydrogen-bond acceptors (Lipinski definition) is 5. The fourth-order valence-electron chi connectivity index (χ4n) is 1.16. The summed E-state index contributed by atoms with van der Waals surface area (Å²) in [4.78, 5) is 14.1. The second-order valence-electron chi connectivity index (χ2n) is 4.33. The second kappa shape index (κ2) is 4.44. The molecule has 0 atom stereocenters. The summed E-state index contributed by atoms with van der Waals surface area (Å²) in [6.07, 6.45) is 1.24. The molecule has 16 heavy (non-hydrogen) atoms. The third-order valence-corrected chi connectivity index (χ3v) is 2.24. The summed E-state index contributed by atoms with van der Waals surface area (Å²) in [7, 11) is 0. The van der Waals surface area contributed by atoms with E-state index >= 15 is 0 Å². The lowest BCUT2D eigenvalue weighted by atomic mass is 10.1. The van der Waals surface area contributed by atoms with Crippen LogP contribution in [0.4, 0.5) is 11.5 Å². The number of pyridine rings is 1. The van der Waals surface area contributed by atoms with Gasteiger partial charge < -0.3 is 11.1 Å². The highest BCUT2D eigenvalue weighted by Crippen LogP contribution is 2.20. The first-order chi connectivity index (χ1) is 7.35. The summed E-state index contributed by atoms with van der Waals surface area (Å²) < 4.78 is 0. The first-order valence-electron chi connectivity index (χ1n) is 4.95. The molecule has 3 N–H and O–H groups in total. The topological polar surface area (TPSA) is 94.1 Å². The Balaban J connectivity index is 2.96. The number of aryl methyl sites for hydroxylation is 1. The molecule has 0 fully saturated rings. The van der Waals surface area contributed by atoms with Gasteiger partial charge in [-0.2, -0.15) is 0 Å². The van der Waals surface area contributed by atoms with Gasteiger partial charge in [-0.25, -0.2) is 4.98 Å². The van der Waals surface area contributed by atoms with Crippen molar-refractivity contribution in [3.05, 3.63) is 27.9 Å². The van der Waals surface area contributed by atoms with Gasteiger partial charge in [0.1, 0.15) is 12.0 Å². The van der Waals surface area contributed by atoms with E-state index in [2.05, 4.69) is 10.3 Å². The van der Waals surface area contributed by atoms with Gasteiger partial charge in [0, 0.05) is 18.2 Å². The number of hydrogen-bond donors (Lipinski definition) is 2. The third kappa shape index (κ3) is 2.90. The zero-order valence-corrected chi connectivity index (χ0v) is 9.65. The molecule has 0 aliphatic carbocycles. The molecule has 88 valence electrons. The molecular formula is C10H16N4O2. The van der Waals surface area contributed by atoms with Gasteiger partial charge >= 0.3 is 0 Å². The van der Waals surface area contributed by atoms with Gasteiger partial charge in [0.2, 0.25) is 0 Å². The number of aromatic nitrogens is 1. The minimum atomic E-state index is -0.460. The minimum Gasteiger partial charge on any atom is -0.364 e.